The van der Waals surface area contributed by atoms with Gasteiger partial charge in [0.25, 0.3) is 0 Å². The van der Waals surface area contributed by atoms with E-state index in [0.717, 1.165) is 33.1 Å². The van der Waals surface area contributed by atoms with Crippen LogP contribution in [0.4, 0.5) is 0 Å². The number of benzene rings is 4. The Bertz CT molecular complexity index is 1560. The molecule has 2 aromatic heterocycles. The summed E-state index contributed by atoms with van der Waals surface area (Å²) in [4.78, 5) is 0. The van der Waals surface area contributed by atoms with E-state index in [1.54, 1.807) is 0 Å². The second kappa shape index (κ2) is 6.36. The van der Waals surface area contributed by atoms with E-state index < -0.39 is 16.1 Å². The quantitative estimate of drug-likeness (QED) is 0.251. The predicted molar refractivity (Wildman–Crippen MR) is 144 cm³/mol. The molecule has 0 radical (unpaired) electrons. The van der Waals surface area contributed by atoms with Gasteiger partial charge in [0.05, 0.1) is 16.1 Å². The molecule has 0 saturated carbocycles. The summed E-state index contributed by atoms with van der Waals surface area (Å²) < 4.78 is 12.8. The first-order valence-electron chi connectivity index (χ1n) is 11.4. The molecule has 160 valence electrons. The standard InChI is InChI=1S/C28H28O2Si2/c1-31(2,3)17-7-13-25-23(15-17)21-11-9-20-19(27(21)29-25)10-12-22-24-16-18(32(4,5)6)8-14-26(24)30-28(20)22/h7-16H,1-6H3. The van der Waals surface area contributed by atoms with Crippen molar-refractivity contribution in [2.45, 2.75) is 39.3 Å². The third-order valence-electron chi connectivity index (χ3n) is 6.80. The number of hydrogen-bond donors (Lipinski definition) is 0. The lowest BCUT2D eigenvalue weighted by Crippen LogP contribution is -2.37. The van der Waals surface area contributed by atoms with Crippen molar-refractivity contribution in [3.8, 4) is 0 Å². The minimum Gasteiger partial charge on any atom is -0.455 e. The van der Waals surface area contributed by atoms with Crippen molar-refractivity contribution >= 4 is 81.2 Å². The second-order valence-corrected chi connectivity index (χ2v) is 21.3. The Morgan fingerprint density at radius 2 is 0.781 bits per heavy atom. The largest absolute Gasteiger partial charge is 0.455 e. The fourth-order valence-electron chi connectivity index (χ4n) is 4.81. The molecule has 0 aliphatic heterocycles. The van der Waals surface area contributed by atoms with E-state index in [9.17, 15) is 0 Å². The third kappa shape index (κ3) is 2.83. The van der Waals surface area contributed by atoms with Crippen LogP contribution in [0.5, 0.6) is 0 Å². The molecule has 0 aliphatic carbocycles. The van der Waals surface area contributed by atoms with Gasteiger partial charge in [0.1, 0.15) is 22.3 Å². The Balaban J connectivity index is 1.66. The molecule has 4 aromatic carbocycles. The third-order valence-corrected chi connectivity index (χ3v) is 10.9. The highest BCUT2D eigenvalue weighted by atomic mass is 28.3. The molecule has 0 N–H and O–H groups in total. The molecule has 4 heteroatoms. The Hall–Kier alpha value is -2.83. The molecule has 2 nitrogen and oxygen atoms in total. The summed E-state index contributed by atoms with van der Waals surface area (Å²) in [5, 5.41) is 9.94. The highest BCUT2D eigenvalue weighted by Crippen LogP contribution is 2.39. The highest BCUT2D eigenvalue weighted by molar-refractivity contribution is 6.89. The number of fused-ring (bicyclic) bond motifs is 9. The van der Waals surface area contributed by atoms with Gasteiger partial charge in [-0.05, 0) is 36.4 Å². The normalized spacial score (nSPS) is 13.3. The van der Waals surface area contributed by atoms with Crippen LogP contribution in [0.3, 0.4) is 0 Å². The van der Waals surface area contributed by atoms with Gasteiger partial charge in [-0.25, -0.2) is 0 Å². The Morgan fingerprint density at radius 3 is 1.12 bits per heavy atom. The van der Waals surface area contributed by atoms with Crippen molar-refractivity contribution in [2.24, 2.45) is 0 Å². The van der Waals surface area contributed by atoms with Crippen LogP contribution in [-0.2, 0) is 0 Å². The molecular weight excluding hydrogens is 424 g/mol. The van der Waals surface area contributed by atoms with E-state index in [4.69, 9.17) is 8.83 Å². The molecule has 0 fully saturated rings. The number of furan rings is 2. The van der Waals surface area contributed by atoms with Crippen LogP contribution >= 0.6 is 0 Å². The molecule has 6 aromatic rings. The molecule has 0 unspecified atom stereocenters. The maximum absolute atomic E-state index is 6.40. The topological polar surface area (TPSA) is 26.3 Å². The van der Waals surface area contributed by atoms with Crippen molar-refractivity contribution in [3.63, 3.8) is 0 Å². The molecule has 0 bridgehead atoms. The first-order valence-corrected chi connectivity index (χ1v) is 18.4. The minimum absolute atomic E-state index is 0.954. The summed E-state index contributed by atoms with van der Waals surface area (Å²) in [6, 6.07) is 22.3. The zero-order valence-corrected chi connectivity index (χ0v) is 21.6. The van der Waals surface area contributed by atoms with Crippen LogP contribution in [0, 0.1) is 0 Å². The molecule has 0 aliphatic rings. The van der Waals surface area contributed by atoms with Crippen molar-refractivity contribution in [1.29, 1.82) is 0 Å². The monoisotopic (exact) mass is 452 g/mol. The fraction of sp³-hybridized carbons (Fsp3) is 0.214. The Kier molecular flexibility index (Phi) is 3.94. The predicted octanol–water partition coefficient (Wildman–Crippen LogP) is 7.73. The second-order valence-electron chi connectivity index (χ2n) is 11.1. The van der Waals surface area contributed by atoms with Gasteiger partial charge in [-0.3, -0.25) is 0 Å². The van der Waals surface area contributed by atoms with Crippen LogP contribution in [-0.4, -0.2) is 16.1 Å². The Morgan fingerprint density at radius 1 is 0.438 bits per heavy atom. The van der Waals surface area contributed by atoms with Gasteiger partial charge in [-0.15, -0.1) is 0 Å². The lowest BCUT2D eigenvalue weighted by atomic mass is 10.0. The average Bonchev–Trinajstić information content (AvgIpc) is 3.29. The fourth-order valence-corrected chi connectivity index (χ4v) is 7.13. The van der Waals surface area contributed by atoms with E-state index in [0.29, 0.717) is 0 Å². The van der Waals surface area contributed by atoms with Crippen molar-refractivity contribution in [2.75, 3.05) is 0 Å². The lowest BCUT2D eigenvalue weighted by molar-refractivity contribution is 0.669. The van der Waals surface area contributed by atoms with E-state index in [1.165, 1.54) is 31.9 Å². The highest BCUT2D eigenvalue weighted by Gasteiger charge is 2.21. The van der Waals surface area contributed by atoms with Gasteiger partial charge in [-0.2, -0.15) is 0 Å². The summed E-state index contributed by atoms with van der Waals surface area (Å²) in [7, 11) is -2.78. The first-order chi connectivity index (χ1) is 15.1. The van der Waals surface area contributed by atoms with E-state index in [2.05, 4.69) is 99.9 Å². The molecule has 0 atom stereocenters. The van der Waals surface area contributed by atoms with Crippen molar-refractivity contribution < 1.29 is 8.83 Å². The Labute approximate surface area is 189 Å². The van der Waals surface area contributed by atoms with Gasteiger partial charge in [0.15, 0.2) is 0 Å². The summed E-state index contributed by atoms with van der Waals surface area (Å²) in [6.45, 7) is 14.3. The van der Waals surface area contributed by atoms with Crippen LogP contribution in [0.2, 0.25) is 39.3 Å². The maximum atomic E-state index is 6.40. The van der Waals surface area contributed by atoms with Crippen LogP contribution in [0.25, 0.3) is 54.6 Å². The number of hydrogen-bond acceptors (Lipinski definition) is 2. The molecule has 0 saturated heterocycles. The van der Waals surface area contributed by atoms with Crippen molar-refractivity contribution in [3.05, 3.63) is 60.7 Å². The summed E-state index contributed by atoms with van der Waals surface area (Å²) in [5.74, 6) is 0. The van der Waals surface area contributed by atoms with Gasteiger partial charge in [0.2, 0.25) is 0 Å². The lowest BCUT2D eigenvalue weighted by Gasteiger charge is -2.16. The van der Waals surface area contributed by atoms with E-state index in [1.807, 2.05) is 0 Å². The zero-order chi connectivity index (χ0) is 22.4. The maximum Gasteiger partial charge on any atom is 0.143 e. The van der Waals surface area contributed by atoms with Gasteiger partial charge >= 0.3 is 0 Å². The summed E-state index contributed by atoms with van der Waals surface area (Å²) in [5.41, 5.74) is 3.82. The van der Waals surface area contributed by atoms with Crippen LogP contribution < -0.4 is 10.4 Å². The molecule has 6 rings (SSSR count). The molecule has 32 heavy (non-hydrogen) atoms. The summed E-state index contributed by atoms with van der Waals surface area (Å²) >= 11 is 0. The van der Waals surface area contributed by atoms with E-state index in [-0.39, 0.29) is 0 Å². The molecule has 0 spiro atoms. The smallest absolute Gasteiger partial charge is 0.143 e. The summed E-state index contributed by atoms with van der Waals surface area (Å²) in [6.07, 6.45) is 0. The average molecular weight is 453 g/mol. The van der Waals surface area contributed by atoms with Crippen LogP contribution in [0.1, 0.15) is 0 Å². The first kappa shape index (κ1) is 19.8. The van der Waals surface area contributed by atoms with Gasteiger partial charge in [0, 0.05) is 32.3 Å². The van der Waals surface area contributed by atoms with Gasteiger partial charge in [-0.1, -0.05) is 73.9 Å². The number of rotatable bonds is 2. The molecular formula is C28H28O2Si2. The molecule has 0 amide bonds. The van der Waals surface area contributed by atoms with Crippen molar-refractivity contribution in [1.82, 2.24) is 0 Å². The van der Waals surface area contributed by atoms with Gasteiger partial charge < -0.3 is 8.83 Å². The SMILES string of the molecule is C[Si](C)(C)c1ccc2oc3c(ccc4c3ccc3c5cc([Si](C)(C)C)ccc5oc34)c2c1. The van der Waals surface area contributed by atoms with E-state index >= 15 is 0 Å². The zero-order valence-electron chi connectivity index (χ0n) is 19.6. The minimum atomic E-state index is -1.39. The van der Waals surface area contributed by atoms with Crippen LogP contribution in [0.15, 0.2) is 69.5 Å². The molecule has 2 heterocycles.